The number of rotatable bonds is 5. The summed E-state index contributed by atoms with van der Waals surface area (Å²) in [6.45, 7) is 0. The number of hydrogen-bond acceptors (Lipinski definition) is 4. The van der Waals surface area contributed by atoms with Crippen LogP contribution < -0.4 is 0 Å². The lowest BCUT2D eigenvalue weighted by molar-refractivity contribution is 0.474. The minimum absolute atomic E-state index is 0.158. The molecule has 0 fully saturated rings. The van der Waals surface area contributed by atoms with Gasteiger partial charge in [-0.25, -0.2) is 0 Å². The maximum Gasteiger partial charge on any atom is 0.115 e. The van der Waals surface area contributed by atoms with Gasteiger partial charge in [-0.05, 0) is 81.9 Å². The molecule has 0 atom stereocenters. The second-order valence-corrected chi connectivity index (χ2v) is 8.48. The molecule has 0 aliphatic rings. The number of phenols is 4. The smallest absolute Gasteiger partial charge is 0.115 e. The van der Waals surface area contributed by atoms with E-state index in [9.17, 15) is 20.4 Å². The lowest BCUT2D eigenvalue weighted by Gasteiger charge is -2.38. The van der Waals surface area contributed by atoms with Crippen molar-refractivity contribution in [2.75, 3.05) is 0 Å². The standard InChI is InChI=1S/C31H24O4/c32-25-13-5-21(6-14-25)29-3-1-2-4-30(29)31(22-7-15-26(33)16-8-22,23-9-17-27(34)18-10-23)24-11-19-28(35)20-12-24/h1-20,32-35H. The summed E-state index contributed by atoms with van der Waals surface area (Å²) < 4.78 is 0. The van der Waals surface area contributed by atoms with Crippen LogP contribution in [0.1, 0.15) is 22.3 Å². The van der Waals surface area contributed by atoms with E-state index in [2.05, 4.69) is 6.07 Å². The van der Waals surface area contributed by atoms with Gasteiger partial charge < -0.3 is 20.4 Å². The van der Waals surface area contributed by atoms with E-state index in [0.29, 0.717) is 0 Å². The Morgan fingerprint density at radius 2 is 0.714 bits per heavy atom. The van der Waals surface area contributed by atoms with Crippen LogP contribution in [-0.2, 0) is 5.41 Å². The zero-order valence-corrected chi connectivity index (χ0v) is 18.8. The molecule has 0 aliphatic heterocycles. The van der Waals surface area contributed by atoms with Crippen molar-refractivity contribution >= 4 is 0 Å². The largest absolute Gasteiger partial charge is 0.508 e. The summed E-state index contributed by atoms with van der Waals surface area (Å²) in [6.07, 6.45) is 0. The van der Waals surface area contributed by atoms with Gasteiger partial charge in [0.05, 0.1) is 5.41 Å². The third kappa shape index (κ3) is 3.96. The van der Waals surface area contributed by atoms with E-state index in [0.717, 1.165) is 33.4 Å². The highest BCUT2D eigenvalue weighted by atomic mass is 16.3. The quantitative estimate of drug-likeness (QED) is 0.224. The van der Waals surface area contributed by atoms with Gasteiger partial charge in [-0.1, -0.05) is 72.8 Å². The van der Waals surface area contributed by atoms with Crippen molar-refractivity contribution in [3.05, 3.63) is 144 Å². The summed E-state index contributed by atoms with van der Waals surface area (Å²) in [6, 6.07) is 36.5. The van der Waals surface area contributed by atoms with Crippen LogP contribution >= 0.6 is 0 Å². The molecule has 4 N–H and O–H groups in total. The van der Waals surface area contributed by atoms with E-state index in [-0.39, 0.29) is 23.0 Å². The molecule has 35 heavy (non-hydrogen) atoms. The first kappa shape index (κ1) is 22.1. The molecule has 4 heteroatoms. The molecule has 0 radical (unpaired) electrons. The summed E-state index contributed by atoms with van der Waals surface area (Å²) in [4.78, 5) is 0. The normalized spacial score (nSPS) is 11.3. The van der Waals surface area contributed by atoms with Crippen molar-refractivity contribution in [3.63, 3.8) is 0 Å². The molecule has 0 spiro atoms. The van der Waals surface area contributed by atoms with E-state index in [1.807, 2.05) is 66.7 Å². The van der Waals surface area contributed by atoms with Gasteiger partial charge in [-0.3, -0.25) is 0 Å². The molecule has 4 nitrogen and oxygen atoms in total. The predicted octanol–water partition coefficient (Wildman–Crippen LogP) is 6.56. The van der Waals surface area contributed by atoms with Gasteiger partial charge in [-0.2, -0.15) is 0 Å². The third-order valence-corrected chi connectivity index (χ3v) is 6.41. The maximum atomic E-state index is 10.1. The van der Waals surface area contributed by atoms with Gasteiger partial charge in [0.1, 0.15) is 23.0 Å². The second-order valence-electron chi connectivity index (χ2n) is 8.48. The van der Waals surface area contributed by atoms with Gasteiger partial charge in [-0.15, -0.1) is 0 Å². The Labute approximate surface area is 203 Å². The molecule has 0 heterocycles. The highest BCUT2D eigenvalue weighted by Gasteiger charge is 2.40. The van der Waals surface area contributed by atoms with E-state index >= 15 is 0 Å². The Balaban J connectivity index is 1.93. The monoisotopic (exact) mass is 460 g/mol. The lowest BCUT2D eigenvalue weighted by atomic mass is 9.63. The fraction of sp³-hybridized carbons (Fsp3) is 0.0323. The molecule has 5 rings (SSSR count). The van der Waals surface area contributed by atoms with Crippen molar-refractivity contribution in [2.45, 2.75) is 5.41 Å². The summed E-state index contributed by atoms with van der Waals surface area (Å²) in [5, 5.41) is 40.1. The molecule has 0 unspecified atom stereocenters. The van der Waals surface area contributed by atoms with Gasteiger partial charge in [0.2, 0.25) is 0 Å². The van der Waals surface area contributed by atoms with Crippen LogP contribution in [0.25, 0.3) is 11.1 Å². The van der Waals surface area contributed by atoms with Crippen LogP contribution in [-0.4, -0.2) is 20.4 Å². The van der Waals surface area contributed by atoms with Crippen LogP contribution in [0.2, 0.25) is 0 Å². The molecule has 0 saturated heterocycles. The number of hydrogen-bond donors (Lipinski definition) is 4. The topological polar surface area (TPSA) is 80.9 Å². The van der Waals surface area contributed by atoms with E-state index in [1.165, 1.54) is 0 Å². The molecule has 0 saturated carbocycles. The highest BCUT2D eigenvalue weighted by molar-refractivity contribution is 5.75. The van der Waals surface area contributed by atoms with Gasteiger partial charge >= 0.3 is 0 Å². The molecule has 0 amide bonds. The van der Waals surface area contributed by atoms with Crippen molar-refractivity contribution in [1.29, 1.82) is 0 Å². The van der Waals surface area contributed by atoms with Crippen LogP contribution in [0.3, 0.4) is 0 Å². The molecule has 0 bridgehead atoms. The van der Waals surface area contributed by atoms with E-state index < -0.39 is 5.41 Å². The number of benzene rings is 5. The number of phenolic OH excluding ortho intramolecular Hbond substituents is 4. The Morgan fingerprint density at radius 3 is 1.11 bits per heavy atom. The molecule has 0 aliphatic carbocycles. The zero-order valence-electron chi connectivity index (χ0n) is 18.8. The Hall–Kier alpha value is -4.70. The highest BCUT2D eigenvalue weighted by Crippen LogP contribution is 2.49. The average molecular weight is 461 g/mol. The van der Waals surface area contributed by atoms with E-state index in [1.54, 1.807) is 48.5 Å². The SMILES string of the molecule is Oc1ccc(-c2ccccc2C(c2ccc(O)cc2)(c2ccc(O)cc2)c2ccc(O)cc2)cc1. The Kier molecular flexibility index (Phi) is 5.63. The number of aromatic hydroxyl groups is 4. The van der Waals surface area contributed by atoms with Crippen molar-refractivity contribution in [3.8, 4) is 34.1 Å². The summed E-state index contributed by atoms with van der Waals surface area (Å²) in [5.41, 5.74) is 4.70. The van der Waals surface area contributed by atoms with Gasteiger partial charge in [0.15, 0.2) is 0 Å². The molecular weight excluding hydrogens is 436 g/mol. The molecule has 5 aromatic carbocycles. The first-order valence-electron chi connectivity index (χ1n) is 11.3. The van der Waals surface area contributed by atoms with Gasteiger partial charge in [0.25, 0.3) is 0 Å². The van der Waals surface area contributed by atoms with Gasteiger partial charge in [0, 0.05) is 0 Å². The van der Waals surface area contributed by atoms with E-state index in [4.69, 9.17) is 0 Å². The minimum Gasteiger partial charge on any atom is -0.508 e. The fourth-order valence-electron chi connectivity index (χ4n) is 4.80. The van der Waals surface area contributed by atoms with Crippen LogP contribution in [0, 0.1) is 0 Å². The third-order valence-electron chi connectivity index (χ3n) is 6.41. The van der Waals surface area contributed by atoms with Crippen molar-refractivity contribution in [1.82, 2.24) is 0 Å². The zero-order chi connectivity index (χ0) is 24.4. The van der Waals surface area contributed by atoms with Crippen molar-refractivity contribution < 1.29 is 20.4 Å². The predicted molar refractivity (Wildman–Crippen MR) is 137 cm³/mol. The van der Waals surface area contributed by atoms with Crippen molar-refractivity contribution in [2.24, 2.45) is 0 Å². The Bertz CT molecular complexity index is 1330. The maximum absolute atomic E-state index is 10.1. The summed E-state index contributed by atoms with van der Waals surface area (Å²) in [7, 11) is 0. The Morgan fingerprint density at radius 1 is 0.371 bits per heavy atom. The second kappa shape index (κ2) is 8.92. The lowest BCUT2D eigenvalue weighted by Crippen LogP contribution is -2.31. The molecule has 172 valence electrons. The summed E-state index contributed by atoms with van der Waals surface area (Å²) in [5.74, 6) is 0.663. The summed E-state index contributed by atoms with van der Waals surface area (Å²) >= 11 is 0. The molecule has 5 aromatic rings. The minimum atomic E-state index is -0.858. The van der Waals surface area contributed by atoms with Crippen LogP contribution in [0.4, 0.5) is 0 Å². The first-order valence-corrected chi connectivity index (χ1v) is 11.3. The fourth-order valence-corrected chi connectivity index (χ4v) is 4.80. The molecule has 0 aromatic heterocycles. The first-order chi connectivity index (χ1) is 17.0. The average Bonchev–Trinajstić information content (AvgIpc) is 2.88. The molecular formula is C31H24O4. The van der Waals surface area contributed by atoms with Crippen LogP contribution in [0.15, 0.2) is 121 Å². The van der Waals surface area contributed by atoms with Crippen LogP contribution in [0.5, 0.6) is 23.0 Å².